The van der Waals surface area contributed by atoms with E-state index < -0.39 is 0 Å². The molecule has 0 bridgehead atoms. The second-order valence-corrected chi connectivity index (χ2v) is 6.84. The number of benzene rings is 1. The first-order valence-electron chi connectivity index (χ1n) is 7.35. The Kier molecular flexibility index (Phi) is 6.08. The van der Waals surface area contributed by atoms with Crippen LogP contribution in [0.15, 0.2) is 35.2 Å². The lowest BCUT2D eigenvalue weighted by molar-refractivity contribution is -0.119. The highest BCUT2D eigenvalue weighted by molar-refractivity contribution is 8.00. The van der Waals surface area contributed by atoms with Gasteiger partial charge in [0.25, 0.3) is 0 Å². The van der Waals surface area contributed by atoms with Crippen LogP contribution in [0.5, 0.6) is 0 Å². The Morgan fingerprint density at radius 3 is 2.62 bits per heavy atom. The highest BCUT2D eigenvalue weighted by atomic mass is 32.2. The third-order valence-corrected chi connectivity index (χ3v) is 4.71. The van der Waals surface area contributed by atoms with Crippen molar-refractivity contribution in [2.45, 2.75) is 24.3 Å². The van der Waals surface area contributed by atoms with Crippen LogP contribution in [-0.4, -0.2) is 54.9 Å². The molecule has 1 aliphatic rings. The first-order chi connectivity index (χ1) is 10.1. The fourth-order valence-corrected chi connectivity index (χ4v) is 3.06. The van der Waals surface area contributed by atoms with Gasteiger partial charge in [0.05, 0.1) is 19.0 Å². The fourth-order valence-electron chi connectivity index (χ4n) is 2.31. The van der Waals surface area contributed by atoms with E-state index in [2.05, 4.69) is 24.1 Å². The molecule has 1 N–H and O–H groups in total. The molecule has 1 aromatic carbocycles. The molecule has 1 fully saturated rings. The lowest BCUT2D eigenvalue weighted by atomic mass is 10.0. The van der Waals surface area contributed by atoms with Crippen LogP contribution in [0, 0.1) is 0 Å². The van der Waals surface area contributed by atoms with Gasteiger partial charge in [-0.15, -0.1) is 11.8 Å². The molecule has 2 rings (SSSR count). The lowest BCUT2D eigenvalue weighted by Crippen LogP contribution is -2.55. The van der Waals surface area contributed by atoms with Crippen LogP contribution in [0.1, 0.15) is 13.8 Å². The van der Waals surface area contributed by atoms with Gasteiger partial charge in [-0.3, -0.25) is 9.69 Å². The average Bonchev–Trinajstić information content (AvgIpc) is 2.53. The largest absolute Gasteiger partial charge is 0.379 e. The first kappa shape index (κ1) is 16.3. The van der Waals surface area contributed by atoms with Crippen molar-refractivity contribution >= 4 is 17.7 Å². The van der Waals surface area contributed by atoms with Crippen LogP contribution in [0.2, 0.25) is 0 Å². The summed E-state index contributed by atoms with van der Waals surface area (Å²) in [5.41, 5.74) is -0.0309. The van der Waals surface area contributed by atoms with Crippen LogP contribution in [0.3, 0.4) is 0 Å². The van der Waals surface area contributed by atoms with Gasteiger partial charge in [-0.05, 0) is 26.0 Å². The summed E-state index contributed by atoms with van der Waals surface area (Å²) in [5, 5.41) is 3.05. The Morgan fingerprint density at radius 2 is 1.95 bits per heavy atom. The van der Waals surface area contributed by atoms with Crippen molar-refractivity contribution in [1.82, 2.24) is 10.2 Å². The molecule has 1 aromatic rings. The van der Waals surface area contributed by atoms with Crippen LogP contribution >= 0.6 is 11.8 Å². The monoisotopic (exact) mass is 308 g/mol. The molecule has 1 aliphatic heterocycles. The predicted molar refractivity (Wildman–Crippen MR) is 86.6 cm³/mol. The second-order valence-electron chi connectivity index (χ2n) is 5.79. The van der Waals surface area contributed by atoms with Crippen LogP contribution in [-0.2, 0) is 9.53 Å². The van der Waals surface area contributed by atoms with E-state index in [-0.39, 0.29) is 11.4 Å². The zero-order valence-corrected chi connectivity index (χ0v) is 13.6. The maximum atomic E-state index is 12.0. The topological polar surface area (TPSA) is 41.6 Å². The molecule has 0 spiro atoms. The summed E-state index contributed by atoms with van der Waals surface area (Å²) in [5.74, 6) is 0.550. The lowest BCUT2D eigenvalue weighted by Gasteiger charge is -2.40. The number of morpholine rings is 1. The van der Waals surface area contributed by atoms with Gasteiger partial charge >= 0.3 is 0 Å². The normalized spacial score (nSPS) is 16.7. The quantitative estimate of drug-likeness (QED) is 0.816. The van der Waals surface area contributed by atoms with Gasteiger partial charge in [0, 0.05) is 30.1 Å². The second kappa shape index (κ2) is 7.82. The van der Waals surface area contributed by atoms with Crippen molar-refractivity contribution in [2.75, 3.05) is 38.6 Å². The molecule has 21 heavy (non-hydrogen) atoms. The zero-order valence-electron chi connectivity index (χ0n) is 12.8. The van der Waals surface area contributed by atoms with Crippen LogP contribution < -0.4 is 5.32 Å². The molecular weight excluding hydrogens is 284 g/mol. The number of ether oxygens (including phenoxy) is 1. The van der Waals surface area contributed by atoms with E-state index >= 15 is 0 Å². The van der Waals surface area contributed by atoms with Gasteiger partial charge in [-0.2, -0.15) is 0 Å². The van der Waals surface area contributed by atoms with Crippen molar-refractivity contribution in [3.63, 3.8) is 0 Å². The molecule has 1 amide bonds. The minimum absolute atomic E-state index is 0.0309. The van der Waals surface area contributed by atoms with E-state index in [1.807, 2.05) is 30.3 Å². The molecule has 1 heterocycles. The van der Waals surface area contributed by atoms with E-state index in [0.717, 1.165) is 31.2 Å². The summed E-state index contributed by atoms with van der Waals surface area (Å²) in [7, 11) is 0. The summed E-state index contributed by atoms with van der Waals surface area (Å²) in [6, 6.07) is 10.0. The third-order valence-electron chi connectivity index (χ3n) is 3.70. The van der Waals surface area contributed by atoms with Crippen molar-refractivity contribution in [3.8, 4) is 0 Å². The Morgan fingerprint density at radius 1 is 1.29 bits per heavy atom. The number of thioether (sulfide) groups is 1. The van der Waals surface area contributed by atoms with Gasteiger partial charge in [0.1, 0.15) is 0 Å². The Labute approximate surface area is 131 Å². The standard InChI is InChI=1S/C16H24N2O2S/c1-16(2,18-8-10-20-11-9-18)13-17-15(19)12-21-14-6-4-3-5-7-14/h3-7H,8-13H2,1-2H3,(H,17,19). The van der Waals surface area contributed by atoms with E-state index in [1.54, 1.807) is 11.8 Å². The van der Waals surface area contributed by atoms with Gasteiger partial charge in [0.15, 0.2) is 0 Å². The Hall–Kier alpha value is -1.04. The van der Waals surface area contributed by atoms with Crippen molar-refractivity contribution in [1.29, 1.82) is 0 Å². The molecule has 1 saturated heterocycles. The summed E-state index contributed by atoms with van der Waals surface area (Å²) in [6.45, 7) is 8.43. The van der Waals surface area contributed by atoms with E-state index in [4.69, 9.17) is 4.74 Å². The van der Waals surface area contributed by atoms with Crippen molar-refractivity contribution in [3.05, 3.63) is 30.3 Å². The van der Waals surface area contributed by atoms with Crippen molar-refractivity contribution in [2.24, 2.45) is 0 Å². The maximum Gasteiger partial charge on any atom is 0.230 e. The summed E-state index contributed by atoms with van der Waals surface area (Å²) < 4.78 is 5.38. The minimum atomic E-state index is -0.0309. The first-order valence-corrected chi connectivity index (χ1v) is 8.34. The van der Waals surface area contributed by atoms with Gasteiger partial charge in [0.2, 0.25) is 5.91 Å². The summed E-state index contributed by atoms with van der Waals surface area (Å²) >= 11 is 1.57. The number of nitrogens with zero attached hydrogens (tertiary/aromatic N) is 1. The average molecular weight is 308 g/mol. The van der Waals surface area contributed by atoms with Crippen LogP contribution in [0.4, 0.5) is 0 Å². The third kappa shape index (κ3) is 5.34. The number of nitrogens with one attached hydrogen (secondary N) is 1. The number of amides is 1. The Balaban J connectivity index is 1.72. The number of rotatable bonds is 6. The number of hydrogen-bond acceptors (Lipinski definition) is 4. The van der Waals surface area contributed by atoms with E-state index in [9.17, 15) is 4.79 Å². The van der Waals surface area contributed by atoms with Gasteiger partial charge in [-0.25, -0.2) is 0 Å². The highest BCUT2D eigenvalue weighted by Crippen LogP contribution is 2.17. The molecule has 116 valence electrons. The Bertz CT molecular complexity index is 445. The smallest absolute Gasteiger partial charge is 0.230 e. The van der Waals surface area contributed by atoms with Crippen molar-refractivity contribution < 1.29 is 9.53 Å². The van der Waals surface area contributed by atoms with Gasteiger partial charge in [-0.1, -0.05) is 18.2 Å². The minimum Gasteiger partial charge on any atom is -0.379 e. The number of hydrogen-bond donors (Lipinski definition) is 1. The molecule has 0 saturated carbocycles. The fraction of sp³-hybridized carbons (Fsp3) is 0.562. The van der Waals surface area contributed by atoms with Gasteiger partial charge < -0.3 is 10.1 Å². The molecule has 0 aliphatic carbocycles. The molecule has 4 nitrogen and oxygen atoms in total. The summed E-state index contributed by atoms with van der Waals surface area (Å²) in [4.78, 5) is 15.5. The SMILES string of the molecule is CC(C)(CNC(=O)CSc1ccccc1)N1CCOCC1. The molecule has 0 atom stereocenters. The summed E-state index contributed by atoms with van der Waals surface area (Å²) in [6.07, 6.45) is 0. The van der Waals surface area contributed by atoms with E-state index in [1.165, 1.54) is 0 Å². The van der Waals surface area contributed by atoms with E-state index in [0.29, 0.717) is 12.3 Å². The molecule has 5 heteroatoms. The predicted octanol–water partition coefficient (Wildman–Crippen LogP) is 2.01. The molecule has 0 unspecified atom stereocenters. The number of carbonyl (C=O) groups excluding carboxylic acids is 1. The zero-order chi connectivity index (χ0) is 15.1. The molecular formula is C16H24N2O2S. The maximum absolute atomic E-state index is 12.0. The molecule has 0 radical (unpaired) electrons. The van der Waals surface area contributed by atoms with Crippen LogP contribution in [0.25, 0.3) is 0 Å². The highest BCUT2D eigenvalue weighted by Gasteiger charge is 2.28. The number of carbonyl (C=O) groups is 1. The molecule has 0 aromatic heterocycles.